The van der Waals surface area contributed by atoms with Gasteiger partial charge in [-0.15, -0.1) is 10.2 Å². The summed E-state index contributed by atoms with van der Waals surface area (Å²) < 4.78 is 0. The van der Waals surface area contributed by atoms with Crippen molar-refractivity contribution >= 4 is 28.1 Å². The Morgan fingerprint density at radius 2 is 1.95 bits per heavy atom. The molecule has 0 aliphatic rings. The van der Waals surface area contributed by atoms with E-state index in [1.807, 2.05) is 18.2 Å². The molecule has 7 heteroatoms. The van der Waals surface area contributed by atoms with E-state index in [2.05, 4.69) is 20.5 Å². The zero-order chi connectivity index (χ0) is 14.7. The molecule has 1 aromatic carbocycles. The number of pyridine rings is 1. The number of nitrogens with two attached hydrogens (primary N) is 1. The standard InChI is InChI=1S/C14H11N5OS/c15-11-3-1-2-10(8-11)13-18-19-14(21-13)17-12(20)9-4-6-16-7-5-9/h1-8H,15H2,(H,17,19,20). The molecule has 3 N–H and O–H groups in total. The lowest BCUT2D eigenvalue weighted by Gasteiger charge is -1.99. The van der Waals surface area contributed by atoms with E-state index in [-0.39, 0.29) is 5.91 Å². The van der Waals surface area contributed by atoms with Gasteiger partial charge in [0.1, 0.15) is 5.01 Å². The number of anilines is 2. The number of carbonyl (C=O) groups is 1. The van der Waals surface area contributed by atoms with E-state index in [0.717, 1.165) is 5.56 Å². The molecule has 6 nitrogen and oxygen atoms in total. The normalized spacial score (nSPS) is 10.3. The fourth-order valence-electron chi connectivity index (χ4n) is 1.73. The van der Waals surface area contributed by atoms with Gasteiger partial charge in [0, 0.05) is 29.2 Å². The molecule has 2 heterocycles. The van der Waals surface area contributed by atoms with E-state index < -0.39 is 0 Å². The Morgan fingerprint density at radius 3 is 2.71 bits per heavy atom. The third-order valence-corrected chi connectivity index (χ3v) is 3.61. The second-order valence-electron chi connectivity index (χ2n) is 4.23. The van der Waals surface area contributed by atoms with Crippen molar-refractivity contribution in [2.24, 2.45) is 0 Å². The summed E-state index contributed by atoms with van der Waals surface area (Å²) in [5.74, 6) is -0.243. The highest BCUT2D eigenvalue weighted by molar-refractivity contribution is 7.18. The number of hydrogen-bond acceptors (Lipinski definition) is 6. The van der Waals surface area contributed by atoms with Crippen LogP contribution in [0.3, 0.4) is 0 Å². The van der Waals surface area contributed by atoms with E-state index in [1.54, 1.807) is 30.6 Å². The van der Waals surface area contributed by atoms with Crippen LogP contribution in [-0.4, -0.2) is 21.1 Å². The zero-order valence-electron chi connectivity index (χ0n) is 10.9. The van der Waals surface area contributed by atoms with Crippen LogP contribution in [0.2, 0.25) is 0 Å². The molecule has 0 saturated carbocycles. The Hall–Kier alpha value is -2.80. The van der Waals surface area contributed by atoms with E-state index in [4.69, 9.17) is 5.73 Å². The van der Waals surface area contributed by atoms with Crippen LogP contribution in [0.1, 0.15) is 10.4 Å². The molecule has 2 aromatic heterocycles. The Bertz CT molecular complexity index is 772. The number of nitrogen functional groups attached to an aromatic ring is 1. The van der Waals surface area contributed by atoms with Crippen molar-refractivity contribution in [2.45, 2.75) is 0 Å². The first-order valence-corrected chi connectivity index (χ1v) is 6.95. The lowest BCUT2D eigenvalue weighted by Crippen LogP contribution is -2.11. The second-order valence-corrected chi connectivity index (χ2v) is 5.21. The molecule has 3 rings (SSSR count). The molecule has 0 atom stereocenters. The largest absolute Gasteiger partial charge is 0.399 e. The molecule has 0 aliphatic carbocycles. The van der Waals surface area contributed by atoms with Gasteiger partial charge in [0.15, 0.2) is 0 Å². The molecule has 0 unspecified atom stereocenters. The van der Waals surface area contributed by atoms with Gasteiger partial charge in [-0.2, -0.15) is 0 Å². The number of benzene rings is 1. The maximum absolute atomic E-state index is 12.0. The summed E-state index contributed by atoms with van der Waals surface area (Å²) in [5.41, 5.74) is 7.79. The summed E-state index contributed by atoms with van der Waals surface area (Å²) in [4.78, 5) is 15.9. The summed E-state index contributed by atoms with van der Waals surface area (Å²) in [6, 6.07) is 10.6. The number of amides is 1. The van der Waals surface area contributed by atoms with Crippen molar-refractivity contribution in [1.29, 1.82) is 0 Å². The minimum Gasteiger partial charge on any atom is -0.399 e. The lowest BCUT2D eigenvalue weighted by atomic mass is 10.2. The third-order valence-electron chi connectivity index (χ3n) is 2.72. The molecule has 0 spiro atoms. The minimum absolute atomic E-state index is 0.243. The molecule has 0 radical (unpaired) electrons. The van der Waals surface area contributed by atoms with Crippen molar-refractivity contribution in [3.05, 3.63) is 54.4 Å². The Balaban J connectivity index is 1.78. The number of nitrogens with one attached hydrogen (secondary N) is 1. The second kappa shape index (κ2) is 5.68. The smallest absolute Gasteiger partial charge is 0.257 e. The van der Waals surface area contributed by atoms with Crippen molar-refractivity contribution in [3.63, 3.8) is 0 Å². The summed E-state index contributed by atoms with van der Waals surface area (Å²) in [7, 11) is 0. The summed E-state index contributed by atoms with van der Waals surface area (Å²) in [6.45, 7) is 0. The SMILES string of the molecule is Nc1cccc(-c2nnc(NC(=O)c3ccncc3)s2)c1. The zero-order valence-corrected chi connectivity index (χ0v) is 11.7. The molecule has 0 saturated heterocycles. The lowest BCUT2D eigenvalue weighted by molar-refractivity contribution is 0.102. The van der Waals surface area contributed by atoms with Gasteiger partial charge >= 0.3 is 0 Å². The van der Waals surface area contributed by atoms with Crippen molar-refractivity contribution < 1.29 is 4.79 Å². The maximum atomic E-state index is 12.0. The van der Waals surface area contributed by atoms with E-state index in [0.29, 0.717) is 21.4 Å². The van der Waals surface area contributed by atoms with Crippen LogP contribution >= 0.6 is 11.3 Å². The van der Waals surface area contributed by atoms with Crippen LogP contribution in [0.5, 0.6) is 0 Å². The fraction of sp³-hybridized carbons (Fsp3) is 0. The predicted octanol–water partition coefficient (Wildman–Crippen LogP) is 2.43. The van der Waals surface area contributed by atoms with Gasteiger partial charge in [-0.25, -0.2) is 0 Å². The monoisotopic (exact) mass is 297 g/mol. The average molecular weight is 297 g/mol. The van der Waals surface area contributed by atoms with Crippen molar-refractivity contribution in [1.82, 2.24) is 15.2 Å². The third kappa shape index (κ3) is 3.03. The Labute approximate surface area is 124 Å². The summed E-state index contributed by atoms with van der Waals surface area (Å²) in [6.07, 6.45) is 3.13. The van der Waals surface area contributed by atoms with Crippen LogP contribution < -0.4 is 11.1 Å². The maximum Gasteiger partial charge on any atom is 0.257 e. The first-order chi connectivity index (χ1) is 10.2. The van der Waals surface area contributed by atoms with Crippen LogP contribution in [0.15, 0.2) is 48.8 Å². The van der Waals surface area contributed by atoms with Gasteiger partial charge in [-0.3, -0.25) is 15.1 Å². The molecule has 3 aromatic rings. The quantitative estimate of drug-likeness (QED) is 0.724. The highest BCUT2D eigenvalue weighted by atomic mass is 32.1. The molecule has 1 amide bonds. The number of rotatable bonds is 3. The Kier molecular flexibility index (Phi) is 3.57. The molecular weight excluding hydrogens is 286 g/mol. The molecule has 0 bridgehead atoms. The first-order valence-electron chi connectivity index (χ1n) is 6.13. The molecule has 0 fully saturated rings. The van der Waals surface area contributed by atoms with Crippen molar-refractivity contribution in [3.8, 4) is 10.6 Å². The molecule has 21 heavy (non-hydrogen) atoms. The number of nitrogens with zero attached hydrogens (tertiary/aromatic N) is 3. The highest BCUT2D eigenvalue weighted by Crippen LogP contribution is 2.27. The minimum atomic E-state index is -0.243. The van der Waals surface area contributed by atoms with Gasteiger partial charge < -0.3 is 5.73 Å². The van der Waals surface area contributed by atoms with Crippen LogP contribution in [-0.2, 0) is 0 Å². The number of carbonyl (C=O) groups excluding carboxylic acids is 1. The van der Waals surface area contributed by atoms with Gasteiger partial charge in [0.25, 0.3) is 5.91 Å². The number of hydrogen-bond donors (Lipinski definition) is 2. The van der Waals surface area contributed by atoms with Gasteiger partial charge in [0.2, 0.25) is 5.13 Å². The highest BCUT2D eigenvalue weighted by Gasteiger charge is 2.11. The predicted molar refractivity (Wildman–Crippen MR) is 81.9 cm³/mol. The van der Waals surface area contributed by atoms with Gasteiger partial charge in [-0.05, 0) is 24.3 Å². The first kappa shape index (κ1) is 13.2. The molecule has 0 aliphatic heterocycles. The van der Waals surface area contributed by atoms with E-state index in [1.165, 1.54) is 11.3 Å². The van der Waals surface area contributed by atoms with Gasteiger partial charge in [-0.1, -0.05) is 23.5 Å². The van der Waals surface area contributed by atoms with Crippen LogP contribution in [0.25, 0.3) is 10.6 Å². The van der Waals surface area contributed by atoms with E-state index in [9.17, 15) is 4.79 Å². The fourth-order valence-corrected chi connectivity index (χ4v) is 2.47. The molecule has 104 valence electrons. The van der Waals surface area contributed by atoms with E-state index >= 15 is 0 Å². The van der Waals surface area contributed by atoms with Crippen molar-refractivity contribution in [2.75, 3.05) is 11.1 Å². The van der Waals surface area contributed by atoms with Crippen LogP contribution in [0, 0.1) is 0 Å². The Morgan fingerprint density at radius 1 is 1.14 bits per heavy atom. The molecular formula is C14H11N5OS. The summed E-state index contributed by atoms with van der Waals surface area (Å²) >= 11 is 1.29. The average Bonchev–Trinajstić information content (AvgIpc) is 2.97. The van der Waals surface area contributed by atoms with Gasteiger partial charge in [0.05, 0.1) is 0 Å². The number of aromatic nitrogens is 3. The topological polar surface area (TPSA) is 93.8 Å². The van der Waals surface area contributed by atoms with Crippen LogP contribution in [0.4, 0.5) is 10.8 Å². The summed E-state index contributed by atoms with van der Waals surface area (Å²) in [5, 5.41) is 11.9.